The molecule has 0 atom stereocenters. The first-order valence-corrected chi connectivity index (χ1v) is 6.43. The monoisotopic (exact) mass is 266 g/mol. The first-order chi connectivity index (χ1) is 9.08. The van der Waals surface area contributed by atoms with Gasteiger partial charge in [0.2, 0.25) is 5.91 Å². The van der Waals surface area contributed by atoms with E-state index < -0.39 is 0 Å². The van der Waals surface area contributed by atoms with Crippen LogP contribution in [0.5, 0.6) is 0 Å². The number of rotatable bonds is 5. The summed E-state index contributed by atoms with van der Waals surface area (Å²) in [5, 5.41) is 11.7. The number of benzene rings is 1. The summed E-state index contributed by atoms with van der Waals surface area (Å²) in [5.41, 5.74) is 1.48. The summed E-state index contributed by atoms with van der Waals surface area (Å²) in [6.07, 6.45) is 0. The van der Waals surface area contributed by atoms with E-state index in [2.05, 4.69) is 5.32 Å². The fraction of sp³-hybridized carbons (Fsp3) is 0.500. The lowest BCUT2D eigenvalue weighted by atomic mass is 10.0. The topological polar surface area (TPSA) is 52.6 Å². The van der Waals surface area contributed by atoms with Crippen LogP contribution < -0.4 is 5.32 Å². The van der Waals surface area contributed by atoms with Crippen molar-refractivity contribution < 1.29 is 14.3 Å². The maximum Gasteiger partial charge on any atom is 0.234 e. The molecule has 0 aliphatic carbocycles. The van der Waals surface area contributed by atoms with Crippen LogP contribution in [-0.4, -0.2) is 42.2 Å². The Bertz CT molecular complexity index is 459. The molecule has 1 fully saturated rings. The minimum absolute atomic E-state index is 0.0432. The predicted molar refractivity (Wildman–Crippen MR) is 70.0 cm³/mol. The van der Waals surface area contributed by atoms with Crippen molar-refractivity contribution in [3.8, 4) is 0 Å². The number of amides is 1. The van der Waals surface area contributed by atoms with E-state index in [1.165, 1.54) is 6.07 Å². The van der Waals surface area contributed by atoms with Crippen molar-refractivity contribution in [1.82, 2.24) is 10.2 Å². The molecule has 1 amide bonds. The highest BCUT2D eigenvalue weighted by Gasteiger charge is 2.26. The maximum absolute atomic E-state index is 13.1. The van der Waals surface area contributed by atoms with Crippen molar-refractivity contribution in [1.29, 1.82) is 0 Å². The number of carbonyl (C=O) groups is 1. The van der Waals surface area contributed by atoms with Crippen molar-refractivity contribution >= 4 is 5.91 Å². The summed E-state index contributed by atoms with van der Waals surface area (Å²) < 4.78 is 13.1. The van der Waals surface area contributed by atoms with Crippen LogP contribution in [0.1, 0.15) is 11.1 Å². The van der Waals surface area contributed by atoms with Gasteiger partial charge in [-0.15, -0.1) is 0 Å². The summed E-state index contributed by atoms with van der Waals surface area (Å²) in [6.45, 7) is 4.22. The van der Waals surface area contributed by atoms with E-state index in [1.807, 2.05) is 4.90 Å². The number of carbonyl (C=O) groups excluding carboxylic acids is 1. The SMILES string of the molecule is Cc1cc(CNC(=O)CN2CC(CO)C2)ccc1F. The molecule has 19 heavy (non-hydrogen) atoms. The average molecular weight is 266 g/mol. The highest BCUT2D eigenvalue weighted by Crippen LogP contribution is 2.13. The molecule has 104 valence electrons. The van der Waals surface area contributed by atoms with E-state index in [9.17, 15) is 9.18 Å². The molecular weight excluding hydrogens is 247 g/mol. The molecule has 5 heteroatoms. The summed E-state index contributed by atoms with van der Waals surface area (Å²) in [4.78, 5) is 13.7. The number of aliphatic hydroxyl groups excluding tert-OH is 1. The third-order valence-corrected chi connectivity index (χ3v) is 3.37. The standard InChI is InChI=1S/C14H19FN2O2/c1-10-4-11(2-3-13(10)15)5-16-14(19)8-17-6-12(7-17)9-18/h2-4,12,18H,5-9H2,1H3,(H,16,19). The molecular formula is C14H19FN2O2. The zero-order valence-corrected chi connectivity index (χ0v) is 11.0. The molecule has 0 radical (unpaired) electrons. The Kier molecular flexibility index (Phi) is 4.50. The van der Waals surface area contributed by atoms with Gasteiger partial charge < -0.3 is 10.4 Å². The van der Waals surface area contributed by atoms with E-state index in [0.717, 1.165) is 18.7 Å². The zero-order chi connectivity index (χ0) is 13.8. The van der Waals surface area contributed by atoms with Gasteiger partial charge in [-0.05, 0) is 24.1 Å². The Morgan fingerprint density at radius 3 is 2.89 bits per heavy atom. The van der Waals surface area contributed by atoms with Gasteiger partial charge in [0.15, 0.2) is 0 Å². The van der Waals surface area contributed by atoms with E-state index >= 15 is 0 Å². The van der Waals surface area contributed by atoms with Gasteiger partial charge in [0.25, 0.3) is 0 Å². The molecule has 4 nitrogen and oxygen atoms in total. The van der Waals surface area contributed by atoms with Crippen LogP contribution in [0.3, 0.4) is 0 Å². The summed E-state index contributed by atoms with van der Waals surface area (Å²) >= 11 is 0. The maximum atomic E-state index is 13.1. The smallest absolute Gasteiger partial charge is 0.234 e. The minimum atomic E-state index is -0.231. The van der Waals surface area contributed by atoms with Crippen LogP contribution in [0, 0.1) is 18.7 Å². The fourth-order valence-electron chi connectivity index (χ4n) is 2.20. The van der Waals surface area contributed by atoms with Gasteiger partial charge in [-0.1, -0.05) is 12.1 Å². The van der Waals surface area contributed by atoms with E-state index in [4.69, 9.17) is 5.11 Å². The van der Waals surface area contributed by atoms with Crippen LogP contribution in [0.4, 0.5) is 4.39 Å². The first-order valence-electron chi connectivity index (χ1n) is 6.43. The van der Waals surface area contributed by atoms with Gasteiger partial charge in [0.1, 0.15) is 5.82 Å². The molecule has 0 aromatic heterocycles. The number of nitrogens with one attached hydrogen (secondary N) is 1. The molecule has 0 unspecified atom stereocenters. The van der Waals surface area contributed by atoms with Crippen LogP contribution in [-0.2, 0) is 11.3 Å². The van der Waals surface area contributed by atoms with Gasteiger partial charge in [-0.25, -0.2) is 4.39 Å². The zero-order valence-electron chi connectivity index (χ0n) is 11.0. The van der Waals surface area contributed by atoms with Crippen molar-refractivity contribution in [2.45, 2.75) is 13.5 Å². The third kappa shape index (κ3) is 3.75. The second-order valence-electron chi connectivity index (χ2n) is 5.10. The lowest BCUT2D eigenvalue weighted by molar-refractivity contribution is -0.124. The Labute approximate surface area is 112 Å². The van der Waals surface area contributed by atoms with Crippen molar-refractivity contribution in [2.75, 3.05) is 26.2 Å². The van der Waals surface area contributed by atoms with Crippen LogP contribution in [0.2, 0.25) is 0 Å². The van der Waals surface area contributed by atoms with E-state index in [-0.39, 0.29) is 18.3 Å². The highest BCUT2D eigenvalue weighted by atomic mass is 19.1. The molecule has 1 aromatic carbocycles. The molecule has 1 aromatic rings. The Hall–Kier alpha value is -1.46. The van der Waals surface area contributed by atoms with Crippen molar-refractivity contribution in [3.05, 3.63) is 35.1 Å². The van der Waals surface area contributed by atoms with Gasteiger partial charge in [-0.2, -0.15) is 0 Å². The molecule has 1 aliphatic heterocycles. The molecule has 2 N–H and O–H groups in total. The number of aryl methyl sites for hydroxylation is 1. The van der Waals surface area contributed by atoms with Crippen LogP contribution >= 0.6 is 0 Å². The van der Waals surface area contributed by atoms with Gasteiger partial charge >= 0.3 is 0 Å². The summed E-state index contributed by atoms with van der Waals surface area (Å²) in [5.74, 6) is 0.0385. The second kappa shape index (κ2) is 6.12. The number of aliphatic hydroxyl groups is 1. The summed E-state index contributed by atoms with van der Waals surface area (Å²) in [6, 6.07) is 4.83. The molecule has 2 rings (SSSR count). The van der Waals surface area contributed by atoms with Crippen LogP contribution in [0.25, 0.3) is 0 Å². The second-order valence-corrected chi connectivity index (χ2v) is 5.10. The van der Waals surface area contributed by atoms with Crippen molar-refractivity contribution in [3.63, 3.8) is 0 Å². The molecule has 0 saturated carbocycles. The molecule has 0 spiro atoms. The average Bonchev–Trinajstić information content (AvgIpc) is 2.34. The third-order valence-electron chi connectivity index (χ3n) is 3.37. The van der Waals surface area contributed by atoms with E-state index in [1.54, 1.807) is 19.1 Å². The van der Waals surface area contributed by atoms with Gasteiger partial charge in [0, 0.05) is 32.2 Å². The number of nitrogens with zero attached hydrogens (tertiary/aromatic N) is 1. The number of hydrogen-bond donors (Lipinski definition) is 2. The van der Waals surface area contributed by atoms with Gasteiger partial charge in [0.05, 0.1) is 6.54 Å². The van der Waals surface area contributed by atoms with Crippen molar-refractivity contribution in [2.24, 2.45) is 5.92 Å². The quantitative estimate of drug-likeness (QED) is 0.824. The molecule has 1 saturated heterocycles. The van der Waals surface area contributed by atoms with Crippen LogP contribution in [0.15, 0.2) is 18.2 Å². The molecule has 0 bridgehead atoms. The lowest BCUT2D eigenvalue weighted by Gasteiger charge is -2.37. The number of likely N-dealkylation sites (tertiary alicyclic amines) is 1. The Morgan fingerprint density at radius 1 is 1.53 bits per heavy atom. The predicted octanol–water partition coefficient (Wildman–Crippen LogP) is 0.674. The number of halogens is 1. The highest BCUT2D eigenvalue weighted by molar-refractivity contribution is 5.78. The minimum Gasteiger partial charge on any atom is -0.396 e. The Morgan fingerprint density at radius 2 is 2.26 bits per heavy atom. The first kappa shape index (κ1) is 14.0. The van der Waals surface area contributed by atoms with E-state index in [0.29, 0.717) is 24.6 Å². The van der Waals surface area contributed by atoms with Gasteiger partial charge in [-0.3, -0.25) is 9.69 Å². The largest absolute Gasteiger partial charge is 0.396 e. The lowest BCUT2D eigenvalue weighted by Crippen LogP contribution is -2.51. The normalized spacial score (nSPS) is 16.2. The molecule has 1 aliphatic rings. The fourth-order valence-corrected chi connectivity index (χ4v) is 2.20. The number of hydrogen-bond acceptors (Lipinski definition) is 3. The molecule has 1 heterocycles. The summed E-state index contributed by atoms with van der Waals surface area (Å²) in [7, 11) is 0. The Balaban J connectivity index is 1.73.